The largest absolute Gasteiger partial charge is 0.384 e. The van der Waals surface area contributed by atoms with Crippen LogP contribution < -0.4 is 0 Å². The zero-order valence-corrected chi connectivity index (χ0v) is 7.31. The molecule has 1 heterocycles. The van der Waals surface area contributed by atoms with Crippen molar-refractivity contribution in [3.8, 4) is 6.07 Å². The smallest absolute Gasteiger partial charge is 0.170 e. The third-order valence-corrected chi connectivity index (χ3v) is 1.75. The zero-order chi connectivity index (χ0) is 9.84. The molecule has 0 spiro atoms. The molecule has 0 aliphatic heterocycles. The minimum absolute atomic E-state index is 0.294. The van der Waals surface area contributed by atoms with Crippen LogP contribution in [0.3, 0.4) is 0 Å². The van der Waals surface area contributed by atoms with Crippen LogP contribution in [0, 0.1) is 11.3 Å². The summed E-state index contributed by atoms with van der Waals surface area (Å²) >= 11 is 5.51. The Morgan fingerprint density at radius 3 is 2.62 bits per heavy atom. The predicted molar refractivity (Wildman–Crippen MR) is 45.8 cm³/mol. The van der Waals surface area contributed by atoms with E-state index in [1.807, 2.05) is 0 Å². The Kier molecular flexibility index (Phi) is 3.20. The Morgan fingerprint density at radius 1 is 1.46 bits per heavy atom. The molecule has 0 bridgehead atoms. The van der Waals surface area contributed by atoms with Gasteiger partial charge in [0.1, 0.15) is 11.3 Å². The van der Waals surface area contributed by atoms with Gasteiger partial charge >= 0.3 is 0 Å². The van der Waals surface area contributed by atoms with Gasteiger partial charge in [-0.25, -0.2) is 4.98 Å². The molecule has 13 heavy (non-hydrogen) atoms. The van der Waals surface area contributed by atoms with E-state index in [1.54, 1.807) is 0 Å². The number of nitrogens with zero attached hydrogens (tertiary/aromatic N) is 2. The number of aliphatic hydroxyl groups is 2. The minimum atomic E-state index is -1.44. The number of aliphatic hydroxyl groups excluding tert-OH is 2. The van der Waals surface area contributed by atoms with Gasteiger partial charge in [0.15, 0.2) is 6.10 Å². The Bertz CT molecular complexity index is 320. The van der Waals surface area contributed by atoms with Gasteiger partial charge in [0.05, 0.1) is 6.07 Å². The van der Waals surface area contributed by atoms with Gasteiger partial charge in [-0.1, -0.05) is 17.7 Å². The van der Waals surface area contributed by atoms with Crippen LogP contribution >= 0.6 is 11.6 Å². The summed E-state index contributed by atoms with van der Waals surface area (Å²) < 4.78 is 0. The van der Waals surface area contributed by atoms with Crippen LogP contribution in [0.15, 0.2) is 18.3 Å². The molecule has 0 radical (unpaired) electrons. The molecular formula is C8H7ClN2O2. The van der Waals surface area contributed by atoms with Gasteiger partial charge in [0, 0.05) is 11.8 Å². The fourth-order valence-electron chi connectivity index (χ4n) is 0.815. The molecular weight excluding hydrogens is 192 g/mol. The fourth-order valence-corrected chi connectivity index (χ4v) is 0.927. The van der Waals surface area contributed by atoms with Crippen molar-refractivity contribution in [1.82, 2.24) is 4.98 Å². The number of halogens is 1. The van der Waals surface area contributed by atoms with E-state index in [1.165, 1.54) is 24.4 Å². The third-order valence-electron chi connectivity index (χ3n) is 1.52. The van der Waals surface area contributed by atoms with Crippen molar-refractivity contribution in [2.75, 3.05) is 0 Å². The van der Waals surface area contributed by atoms with E-state index in [0.717, 1.165) is 0 Å². The summed E-state index contributed by atoms with van der Waals surface area (Å²) in [6.07, 6.45) is -1.37. The van der Waals surface area contributed by atoms with Gasteiger partial charge in [-0.05, 0) is 6.07 Å². The molecule has 68 valence electrons. The highest BCUT2D eigenvalue weighted by atomic mass is 35.5. The molecule has 2 atom stereocenters. The van der Waals surface area contributed by atoms with Crippen LogP contribution in [0.4, 0.5) is 0 Å². The van der Waals surface area contributed by atoms with Gasteiger partial charge in [0.25, 0.3) is 0 Å². The zero-order valence-electron chi connectivity index (χ0n) is 6.55. The van der Waals surface area contributed by atoms with Crippen LogP contribution in [0.25, 0.3) is 0 Å². The second-order valence-corrected chi connectivity index (χ2v) is 2.82. The van der Waals surface area contributed by atoms with Gasteiger partial charge in [-0.15, -0.1) is 0 Å². The molecule has 1 rings (SSSR count). The summed E-state index contributed by atoms with van der Waals surface area (Å²) in [6.45, 7) is 0. The maximum absolute atomic E-state index is 9.32. The maximum atomic E-state index is 9.32. The summed E-state index contributed by atoms with van der Waals surface area (Å²) in [5.41, 5.74) is 0.360. The molecule has 4 nitrogen and oxygen atoms in total. The van der Waals surface area contributed by atoms with Gasteiger partial charge in [-0.2, -0.15) is 5.26 Å². The Morgan fingerprint density at radius 2 is 2.15 bits per heavy atom. The molecule has 0 aliphatic carbocycles. The van der Waals surface area contributed by atoms with E-state index in [0.29, 0.717) is 10.7 Å². The summed E-state index contributed by atoms with van der Waals surface area (Å²) in [5.74, 6) is 0. The predicted octanol–water partition coefficient (Wildman–Crippen LogP) is 0.653. The monoisotopic (exact) mass is 198 g/mol. The van der Waals surface area contributed by atoms with Gasteiger partial charge in [-0.3, -0.25) is 0 Å². The summed E-state index contributed by atoms with van der Waals surface area (Å²) in [6, 6.07) is 4.50. The maximum Gasteiger partial charge on any atom is 0.170 e. The second kappa shape index (κ2) is 4.19. The first-order valence-electron chi connectivity index (χ1n) is 3.52. The van der Waals surface area contributed by atoms with E-state index >= 15 is 0 Å². The van der Waals surface area contributed by atoms with Crippen molar-refractivity contribution in [3.05, 3.63) is 29.0 Å². The standard InChI is InChI=1S/C8H7ClN2O2/c9-7-2-1-5(4-11-7)8(13)6(12)3-10/h1-2,4,6,8,12-13H. The first kappa shape index (κ1) is 9.93. The highest BCUT2D eigenvalue weighted by molar-refractivity contribution is 6.29. The molecule has 0 amide bonds. The van der Waals surface area contributed by atoms with Crippen LogP contribution in [0.1, 0.15) is 11.7 Å². The molecule has 0 saturated heterocycles. The van der Waals surface area contributed by atoms with Gasteiger partial charge in [0.2, 0.25) is 0 Å². The SMILES string of the molecule is N#CC(O)C(O)c1ccc(Cl)nc1. The van der Waals surface area contributed by atoms with Crippen molar-refractivity contribution in [2.24, 2.45) is 0 Å². The average Bonchev–Trinajstić information content (AvgIpc) is 2.17. The average molecular weight is 199 g/mol. The second-order valence-electron chi connectivity index (χ2n) is 2.43. The molecule has 0 saturated carbocycles. The molecule has 0 fully saturated rings. The molecule has 0 aliphatic rings. The van der Waals surface area contributed by atoms with Crippen LogP contribution in [-0.2, 0) is 0 Å². The van der Waals surface area contributed by atoms with E-state index in [4.69, 9.17) is 22.0 Å². The Labute approximate surface area is 80.0 Å². The lowest BCUT2D eigenvalue weighted by Crippen LogP contribution is -2.15. The summed E-state index contributed by atoms with van der Waals surface area (Å²) in [4.78, 5) is 3.70. The topological polar surface area (TPSA) is 77.1 Å². The van der Waals surface area contributed by atoms with Crippen molar-refractivity contribution in [2.45, 2.75) is 12.2 Å². The van der Waals surface area contributed by atoms with Crippen molar-refractivity contribution in [3.63, 3.8) is 0 Å². The molecule has 2 unspecified atom stereocenters. The van der Waals surface area contributed by atoms with E-state index in [-0.39, 0.29) is 0 Å². The number of aromatic nitrogens is 1. The molecule has 2 N–H and O–H groups in total. The molecule has 1 aromatic rings. The van der Waals surface area contributed by atoms with E-state index in [2.05, 4.69) is 4.98 Å². The summed E-state index contributed by atoms with van der Waals surface area (Å²) in [5, 5.41) is 26.9. The number of hydrogen-bond acceptors (Lipinski definition) is 4. The molecule has 0 aromatic carbocycles. The van der Waals surface area contributed by atoms with Crippen LogP contribution in [0.2, 0.25) is 5.15 Å². The number of hydrogen-bond donors (Lipinski definition) is 2. The van der Waals surface area contributed by atoms with Crippen LogP contribution in [-0.4, -0.2) is 21.3 Å². The minimum Gasteiger partial charge on any atom is -0.384 e. The number of nitriles is 1. The summed E-state index contributed by atoms with van der Waals surface area (Å²) in [7, 11) is 0. The van der Waals surface area contributed by atoms with Crippen molar-refractivity contribution >= 4 is 11.6 Å². The van der Waals surface area contributed by atoms with Crippen molar-refractivity contribution < 1.29 is 10.2 Å². The number of rotatable bonds is 2. The molecule has 1 aromatic heterocycles. The number of pyridine rings is 1. The van der Waals surface area contributed by atoms with Crippen LogP contribution in [0.5, 0.6) is 0 Å². The highest BCUT2D eigenvalue weighted by Gasteiger charge is 2.17. The highest BCUT2D eigenvalue weighted by Crippen LogP contribution is 2.16. The van der Waals surface area contributed by atoms with E-state index < -0.39 is 12.2 Å². The Balaban J connectivity index is 2.84. The normalized spacial score (nSPS) is 14.6. The fraction of sp³-hybridized carbons (Fsp3) is 0.250. The van der Waals surface area contributed by atoms with Crippen molar-refractivity contribution in [1.29, 1.82) is 5.26 Å². The first-order valence-corrected chi connectivity index (χ1v) is 3.90. The first-order chi connectivity index (χ1) is 6.15. The quantitative estimate of drug-likeness (QED) is 0.541. The molecule has 5 heteroatoms. The lowest BCUT2D eigenvalue weighted by molar-refractivity contribution is 0.0526. The third kappa shape index (κ3) is 2.39. The lowest BCUT2D eigenvalue weighted by atomic mass is 10.1. The lowest BCUT2D eigenvalue weighted by Gasteiger charge is -2.10. The van der Waals surface area contributed by atoms with Gasteiger partial charge < -0.3 is 10.2 Å². The van der Waals surface area contributed by atoms with E-state index in [9.17, 15) is 5.11 Å². The Hall–Kier alpha value is -1.15.